The second-order valence-corrected chi connectivity index (χ2v) is 12.2. The Kier molecular flexibility index (Phi) is 24.3. The lowest BCUT2D eigenvalue weighted by molar-refractivity contribution is 0.183. The van der Waals surface area contributed by atoms with Gasteiger partial charge in [-0.15, -0.1) is 0 Å². The lowest BCUT2D eigenvalue weighted by Gasteiger charge is -2.26. The molecule has 2 fully saturated rings. The van der Waals surface area contributed by atoms with Crippen molar-refractivity contribution in [2.45, 2.75) is 75.2 Å². The van der Waals surface area contributed by atoms with Crippen molar-refractivity contribution < 1.29 is 14.2 Å². The highest BCUT2D eigenvalue weighted by Crippen LogP contribution is 2.14. The van der Waals surface area contributed by atoms with Gasteiger partial charge < -0.3 is 19.1 Å². The SMILES string of the molecule is C.C.C.Cc1ccc(OCCN(C)C)cc1.Cc1ccc(OCCN2CCCC2)cc1.Cc1ccc(OCCN2CCCCC2)cc1. The van der Waals surface area contributed by atoms with E-state index >= 15 is 0 Å². The van der Waals surface area contributed by atoms with Crippen molar-refractivity contribution in [1.82, 2.24) is 14.7 Å². The Balaban J connectivity index is 0.000000658. The Morgan fingerprint density at radius 1 is 0.468 bits per heavy atom. The Labute approximate surface area is 290 Å². The number of likely N-dealkylation sites (N-methyl/N-ethyl adjacent to an activating group) is 1. The van der Waals surface area contributed by atoms with Gasteiger partial charge in [-0.25, -0.2) is 0 Å². The summed E-state index contributed by atoms with van der Waals surface area (Å²) in [7, 11) is 4.08. The van der Waals surface area contributed by atoms with Gasteiger partial charge in [-0.1, -0.05) is 81.8 Å². The van der Waals surface area contributed by atoms with Gasteiger partial charge in [0, 0.05) is 19.6 Å². The van der Waals surface area contributed by atoms with Crippen LogP contribution in [-0.2, 0) is 0 Å². The topological polar surface area (TPSA) is 37.4 Å². The fraction of sp³-hybridized carbons (Fsp3) is 0.561. The second-order valence-electron chi connectivity index (χ2n) is 12.2. The van der Waals surface area contributed by atoms with Crippen LogP contribution in [-0.4, -0.2) is 94.4 Å². The number of ether oxygens (including phenoxy) is 3. The van der Waals surface area contributed by atoms with Crippen LogP contribution in [0.5, 0.6) is 17.2 Å². The molecule has 3 aromatic carbocycles. The van der Waals surface area contributed by atoms with Crippen molar-refractivity contribution in [3.05, 3.63) is 89.5 Å². The molecule has 0 atom stereocenters. The van der Waals surface area contributed by atoms with Gasteiger partial charge in [-0.3, -0.25) is 9.80 Å². The quantitative estimate of drug-likeness (QED) is 0.194. The predicted octanol–water partition coefficient (Wildman–Crippen LogP) is 9.17. The Morgan fingerprint density at radius 3 is 1.09 bits per heavy atom. The lowest BCUT2D eigenvalue weighted by Crippen LogP contribution is -2.33. The van der Waals surface area contributed by atoms with Gasteiger partial charge in [0.2, 0.25) is 0 Å². The standard InChI is InChI=1S/C14H21NO.C13H19NO.C11H17NO.3CH4/c1-13-5-7-14(8-6-13)16-12-11-15-9-3-2-4-10-15;1-12-4-6-13(7-5-12)15-11-10-14-8-2-3-9-14;1-10-4-6-11(7-5-10)13-9-8-12(2)3;;;/h5-8H,2-4,9-12H2,1H3;4-7H,2-3,8-11H2,1H3;4-7H,8-9H2,1-3H3;3*1H4. The molecule has 6 heteroatoms. The van der Waals surface area contributed by atoms with Crippen LogP contribution in [0.2, 0.25) is 0 Å². The minimum absolute atomic E-state index is 0. The van der Waals surface area contributed by atoms with Gasteiger partial charge in [-0.2, -0.15) is 0 Å². The van der Waals surface area contributed by atoms with Crippen molar-refractivity contribution in [3.8, 4) is 17.2 Å². The molecule has 2 saturated heterocycles. The molecule has 2 aliphatic rings. The third-order valence-electron chi connectivity index (χ3n) is 7.87. The van der Waals surface area contributed by atoms with Crippen molar-refractivity contribution in [3.63, 3.8) is 0 Å². The summed E-state index contributed by atoms with van der Waals surface area (Å²) in [5.74, 6) is 2.93. The summed E-state index contributed by atoms with van der Waals surface area (Å²) in [6, 6.07) is 24.7. The van der Waals surface area contributed by atoms with E-state index in [1.165, 1.54) is 75.0 Å². The van der Waals surface area contributed by atoms with Gasteiger partial charge >= 0.3 is 0 Å². The molecule has 3 aromatic rings. The van der Waals surface area contributed by atoms with Crippen molar-refractivity contribution in [2.75, 3.05) is 79.7 Å². The zero-order valence-electron chi connectivity index (χ0n) is 28.1. The third-order valence-corrected chi connectivity index (χ3v) is 7.87. The molecule has 6 nitrogen and oxygen atoms in total. The minimum atomic E-state index is 0. The normalized spacial score (nSPS) is 14.2. The number of piperidine rings is 1. The Morgan fingerprint density at radius 2 is 0.766 bits per heavy atom. The molecule has 2 aliphatic heterocycles. The van der Waals surface area contributed by atoms with Crippen LogP contribution in [0.15, 0.2) is 72.8 Å². The van der Waals surface area contributed by atoms with E-state index < -0.39 is 0 Å². The average molecular weight is 652 g/mol. The zero-order valence-corrected chi connectivity index (χ0v) is 28.1. The molecule has 0 radical (unpaired) electrons. The van der Waals surface area contributed by atoms with E-state index in [1.54, 1.807) is 0 Å². The van der Waals surface area contributed by atoms with E-state index in [4.69, 9.17) is 14.2 Å². The lowest BCUT2D eigenvalue weighted by atomic mass is 10.1. The fourth-order valence-corrected chi connectivity index (χ4v) is 5.02. The number of likely N-dealkylation sites (tertiary alicyclic amines) is 2. The molecule has 0 aliphatic carbocycles. The summed E-state index contributed by atoms with van der Waals surface area (Å²) < 4.78 is 16.9. The number of hydrogen-bond acceptors (Lipinski definition) is 6. The molecule has 0 bridgehead atoms. The number of hydrogen-bond donors (Lipinski definition) is 0. The van der Waals surface area contributed by atoms with Crippen LogP contribution in [0.4, 0.5) is 0 Å². The van der Waals surface area contributed by atoms with Gasteiger partial charge in [-0.05, 0) is 123 Å². The molecule has 0 saturated carbocycles. The molecule has 2 heterocycles. The largest absolute Gasteiger partial charge is 0.492 e. The first-order valence-electron chi connectivity index (χ1n) is 16.6. The predicted molar refractivity (Wildman–Crippen MR) is 205 cm³/mol. The summed E-state index contributed by atoms with van der Waals surface area (Å²) in [5, 5.41) is 0. The van der Waals surface area contributed by atoms with E-state index in [0.717, 1.165) is 56.7 Å². The van der Waals surface area contributed by atoms with Crippen LogP contribution < -0.4 is 14.2 Å². The molecular formula is C41H69N3O3. The average Bonchev–Trinajstić information content (AvgIpc) is 3.55. The maximum absolute atomic E-state index is 5.72. The maximum atomic E-state index is 5.72. The van der Waals surface area contributed by atoms with Crippen LogP contribution in [0, 0.1) is 20.8 Å². The molecule has 0 unspecified atom stereocenters. The van der Waals surface area contributed by atoms with E-state index in [2.05, 4.69) is 71.9 Å². The van der Waals surface area contributed by atoms with Crippen LogP contribution in [0.1, 0.15) is 71.1 Å². The zero-order chi connectivity index (χ0) is 31.4. The number of benzene rings is 3. The minimum Gasteiger partial charge on any atom is -0.492 e. The summed E-state index contributed by atoms with van der Waals surface area (Å²) in [5.41, 5.74) is 3.82. The van der Waals surface area contributed by atoms with E-state index in [-0.39, 0.29) is 22.3 Å². The highest BCUT2D eigenvalue weighted by atomic mass is 16.5. The molecule has 47 heavy (non-hydrogen) atoms. The molecule has 5 rings (SSSR count). The number of aryl methyl sites for hydroxylation is 3. The first-order chi connectivity index (χ1) is 21.4. The molecule has 0 amide bonds. The molecule has 0 aromatic heterocycles. The number of nitrogens with zero attached hydrogens (tertiary/aromatic N) is 3. The highest BCUT2D eigenvalue weighted by Gasteiger charge is 2.11. The first kappa shape index (κ1) is 43.9. The maximum Gasteiger partial charge on any atom is 0.119 e. The fourth-order valence-electron chi connectivity index (χ4n) is 5.02. The van der Waals surface area contributed by atoms with Crippen molar-refractivity contribution in [1.29, 1.82) is 0 Å². The van der Waals surface area contributed by atoms with Crippen LogP contribution in [0.3, 0.4) is 0 Å². The summed E-state index contributed by atoms with van der Waals surface area (Å²) in [4.78, 5) is 7.07. The third kappa shape index (κ3) is 20.0. The van der Waals surface area contributed by atoms with E-state index in [9.17, 15) is 0 Å². The molecule has 0 spiro atoms. The van der Waals surface area contributed by atoms with Crippen LogP contribution in [0.25, 0.3) is 0 Å². The van der Waals surface area contributed by atoms with Crippen LogP contribution >= 0.6 is 0 Å². The first-order valence-corrected chi connectivity index (χ1v) is 16.6. The Bertz CT molecular complexity index is 1120. The smallest absolute Gasteiger partial charge is 0.119 e. The molecule has 266 valence electrons. The second kappa shape index (κ2) is 26.0. The molecular weight excluding hydrogens is 582 g/mol. The van der Waals surface area contributed by atoms with Gasteiger partial charge in [0.05, 0.1) is 0 Å². The summed E-state index contributed by atoms with van der Waals surface area (Å²) in [6.07, 6.45) is 6.81. The van der Waals surface area contributed by atoms with Crippen molar-refractivity contribution in [2.24, 2.45) is 0 Å². The number of rotatable bonds is 12. The van der Waals surface area contributed by atoms with Crippen molar-refractivity contribution >= 4 is 0 Å². The summed E-state index contributed by atoms with van der Waals surface area (Å²) in [6.45, 7) is 16.7. The summed E-state index contributed by atoms with van der Waals surface area (Å²) >= 11 is 0. The van der Waals surface area contributed by atoms with Gasteiger partial charge in [0.15, 0.2) is 0 Å². The van der Waals surface area contributed by atoms with E-state index in [0.29, 0.717) is 0 Å². The highest BCUT2D eigenvalue weighted by molar-refractivity contribution is 5.27. The molecule has 0 N–H and O–H groups in total. The Hall–Kier alpha value is -3.06. The van der Waals surface area contributed by atoms with E-state index in [1.807, 2.05) is 50.5 Å². The van der Waals surface area contributed by atoms with Gasteiger partial charge in [0.1, 0.15) is 37.1 Å². The van der Waals surface area contributed by atoms with Gasteiger partial charge in [0.25, 0.3) is 0 Å². The monoisotopic (exact) mass is 652 g/mol.